The van der Waals surface area contributed by atoms with Crippen LogP contribution in [-0.4, -0.2) is 48.3 Å². The van der Waals surface area contributed by atoms with Crippen LogP contribution in [-0.2, 0) is 0 Å². The summed E-state index contributed by atoms with van der Waals surface area (Å²) in [5.74, 6) is 0.668. The van der Waals surface area contributed by atoms with Gasteiger partial charge in [0.05, 0.1) is 11.0 Å². The van der Waals surface area contributed by atoms with Gasteiger partial charge in [-0.3, -0.25) is 10.1 Å². The number of hydrogen-bond acceptors (Lipinski definition) is 7. The van der Waals surface area contributed by atoms with E-state index in [0.29, 0.717) is 42.6 Å². The molecule has 1 aromatic rings. The zero-order valence-corrected chi connectivity index (χ0v) is 12.5. The molecule has 0 radical (unpaired) electrons. The highest BCUT2D eigenvalue weighted by Crippen LogP contribution is 2.32. The summed E-state index contributed by atoms with van der Waals surface area (Å²) in [4.78, 5) is 14.8. The van der Waals surface area contributed by atoms with E-state index in [1.165, 1.54) is 6.07 Å². The molecule has 0 aliphatic carbocycles. The zero-order chi connectivity index (χ0) is 15.5. The van der Waals surface area contributed by atoms with Gasteiger partial charge in [0.1, 0.15) is 18.9 Å². The summed E-state index contributed by atoms with van der Waals surface area (Å²) in [6.07, 6.45) is 2.11. The summed E-state index contributed by atoms with van der Waals surface area (Å²) in [6.45, 7) is 4.53. The smallest absolute Gasteiger partial charge is 0.294 e. The second kappa shape index (κ2) is 6.45. The van der Waals surface area contributed by atoms with Crippen molar-refractivity contribution in [1.29, 1.82) is 0 Å². The first kappa shape index (κ1) is 15.0. The summed E-state index contributed by atoms with van der Waals surface area (Å²) >= 11 is 0. The Kier molecular flexibility index (Phi) is 4.39. The lowest BCUT2D eigenvalue weighted by Gasteiger charge is -2.28. The fraction of sp³-hybridized carbons (Fsp3) is 0.643. The first-order valence-corrected chi connectivity index (χ1v) is 7.52. The highest BCUT2D eigenvalue weighted by Gasteiger charge is 2.24. The van der Waals surface area contributed by atoms with Gasteiger partial charge in [-0.25, -0.2) is 4.98 Å². The minimum absolute atomic E-state index is 0.0503. The van der Waals surface area contributed by atoms with Gasteiger partial charge >= 0.3 is 0 Å². The van der Waals surface area contributed by atoms with E-state index >= 15 is 0 Å². The molecule has 8 heteroatoms. The monoisotopic (exact) mass is 308 g/mol. The van der Waals surface area contributed by atoms with Gasteiger partial charge in [0.2, 0.25) is 0 Å². The molecule has 0 saturated carbocycles. The van der Waals surface area contributed by atoms with Gasteiger partial charge in [-0.05, 0) is 32.9 Å². The van der Waals surface area contributed by atoms with Crippen LogP contribution in [0.5, 0.6) is 11.6 Å². The Labute approximate surface area is 128 Å². The molecule has 0 bridgehead atoms. The normalized spacial score (nSPS) is 23.3. The minimum atomic E-state index is -0.450. The van der Waals surface area contributed by atoms with Gasteiger partial charge in [0.25, 0.3) is 11.6 Å². The summed E-state index contributed by atoms with van der Waals surface area (Å²) < 4.78 is 11.4. The Morgan fingerprint density at radius 1 is 1.27 bits per heavy atom. The number of nitro groups is 1. The summed E-state index contributed by atoms with van der Waals surface area (Å²) in [5.41, 5.74) is 0.279. The number of ether oxygens (including phenoxy) is 2. The van der Waals surface area contributed by atoms with Crippen LogP contribution in [0, 0.1) is 17.0 Å². The third kappa shape index (κ3) is 3.28. The second-order valence-electron chi connectivity index (χ2n) is 5.65. The Morgan fingerprint density at radius 2 is 1.86 bits per heavy atom. The van der Waals surface area contributed by atoms with Crippen molar-refractivity contribution in [3.05, 3.63) is 21.9 Å². The number of aromatic nitrogens is 1. The number of pyridine rings is 1. The fourth-order valence-corrected chi connectivity index (χ4v) is 2.30. The van der Waals surface area contributed by atoms with Crippen molar-refractivity contribution < 1.29 is 14.4 Å². The van der Waals surface area contributed by atoms with Crippen LogP contribution in [0.15, 0.2) is 6.07 Å². The lowest BCUT2D eigenvalue weighted by Crippen LogP contribution is -2.47. The van der Waals surface area contributed by atoms with Crippen LogP contribution in [0.4, 0.5) is 5.69 Å². The predicted octanol–water partition coefficient (Wildman–Crippen LogP) is 0.780. The van der Waals surface area contributed by atoms with E-state index in [1.54, 1.807) is 6.92 Å². The molecule has 1 aromatic heterocycles. The third-order valence-corrected chi connectivity index (χ3v) is 4.03. The topological polar surface area (TPSA) is 98.5 Å². The average Bonchev–Trinajstić information content (AvgIpc) is 2.36. The molecule has 3 heterocycles. The van der Waals surface area contributed by atoms with Crippen molar-refractivity contribution >= 4 is 5.69 Å². The molecule has 2 atom stereocenters. The highest BCUT2D eigenvalue weighted by molar-refractivity contribution is 5.47. The minimum Gasteiger partial charge on any atom is -0.486 e. The van der Waals surface area contributed by atoms with Crippen LogP contribution in [0.2, 0.25) is 0 Å². The molecule has 0 spiro atoms. The lowest BCUT2D eigenvalue weighted by atomic mass is 10.1. The van der Waals surface area contributed by atoms with Crippen molar-refractivity contribution in [2.24, 2.45) is 0 Å². The second-order valence-corrected chi connectivity index (χ2v) is 5.65. The highest BCUT2D eigenvalue weighted by atomic mass is 16.6. The molecule has 22 heavy (non-hydrogen) atoms. The number of nitrogens with one attached hydrogen (secondary N) is 2. The van der Waals surface area contributed by atoms with Gasteiger partial charge < -0.3 is 20.1 Å². The Balaban J connectivity index is 1.73. The maximum atomic E-state index is 11.1. The predicted molar refractivity (Wildman–Crippen MR) is 79.4 cm³/mol. The Hall–Kier alpha value is -1.93. The van der Waals surface area contributed by atoms with Gasteiger partial charge in [-0.2, -0.15) is 0 Å². The van der Waals surface area contributed by atoms with Crippen LogP contribution in [0.25, 0.3) is 0 Å². The third-order valence-electron chi connectivity index (χ3n) is 4.03. The van der Waals surface area contributed by atoms with Crippen molar-refractivity contribution in [2.75, 3.05) is 26.3 Å². The molecule has 0 amide bonds. The summed E-state index contributed by atoms with van der Waals surface area (Å²) in [7, 11) is 0. The fourth-order valence-electron chi connectivity index (χ4n) is 2.30. The summed E-state index contributed by atoms with van der Waals surface area (Å²) in [6, 6.07) is 2.02. The Morgan fingerprint density at radius 3 is 2.36 bits per heavy atom. The maximum absolute atomic E-state index is 11.1. The Bertz CT molecular complexity index is 558. The van der Waals surface area contributed by atoms with Crippen LogP contribution in [0.3, 0.4) is 0 Å². The van der Waals surface area contributed by atoms with Gasteiger partial charge in [-0.15, -0.1) is 0 Å². The van der Waals surface area contributed by atoms with Crippen LogP contribution >= 0.6 is 0 Å². The lowest BCUT2D eigenvalue weighted by molar-refractivity contribution is -0.385. The molecule has 2 aliphatic rings. The van der Waals surface area contributed by atoms with Crippen molar-refractivity contribution in [2.45, 2.75) is 31.8 Å². The first-order valence-electron chi connectivity index (χ1n) is 7.52. The molecular weight excluding hydrogens is 288 g/mol. The number of nitrogens with zero attached hydrogens (tertiary/aromatic N) is 2. The van der Waals surface area contributed by atoms with Gasteiger partial charge in [0, 0.05) is 12.1 Å². The number of aryl methyl sites for hydroxylation is 1. The van der Waals surface area contributed by atoms with E-state index in [0.717, 1.165) is 25.9 Å². The molecular formula is C14H20N4O4. The van der Waals surface area contributed by atoms with E-state index in [-0.39, 0.29) is 5.69 Å². The molecule has 0 unspecified atom stereocenters. The molecule has 2 fully saturated rings. The molecule has 2 N–H and O–H groups in total. The van der Waals surface area contributed by atoms with Crippen molar-refractivity contribution in [3.8, 4) is 11.6 Å². The number of hydrogen-bond donors (Lipinski definition) is 2. The zero-order valence-electron chi connectivity index (χ0n) is 12.5. The van der Waals surface area contributed by atoms with E-state index in [4.69, 9.17) is 9.47 Å². The van der Waals surface area contributed by atoms with E-state index in [2.05, 4.69) is 15.6 Å². The molecule has 0 aromatic carbocycles. The standard InChI is InChI=1S/C14H20N4O4/c1-9-12(18(19)20)6-13(21-7-10-2-4-15-10)14(17-9)22-8-11-3-5-16-11/h6,10-11,15-16H,2-5,7-8H2,1H3/t10-,11-/m0/s1. The molecule has 2 aliphatic heterocycles. The molecule has 3 rings (SSSR count). The largest absolute Gasteiger partial charge is 0.486 e. The van der Waals surface area contributed by atoms with Gasteiger partial charge in [0.15, 0.2) is 5.75 Å². The van der Waals surface area contributed by atoms with E-state index in [9.17, 15) is 10.1 Å². The first-order chi connectivity index (χ1) is 10.6. The molecule has 120 valence electrons. The quantitative estimate of drug-likeness (QED) is 0.567. The SMILES string of the molecule is Cc1nc(OC[C@@H]2CCN2)c(OC[C@@H]2CCN2)cc1[N+](=O)[O-]. The maximum Gasteiger partial charge on any atom is 0.294 e. The molecule has 2 saturated heterocycles. The van der Waals surface area contributed by atoms with Crippen LogP contribution in [0.1, 0.15) is 18.5 Å². The van der Waals surface area contributed by atoms with E-state index < -0.39 is 4.92 Å². The number of rotatable bonds is 7. The van der Waals surface area contributed by atoms with E-state index in [1.807, 2.05) is 0 Å². The van der Waals surface area contributed by atoms with Crippen molar-refractivity contribution in [3.63, 3.8) is 0 Å². The van der Waals surface area contributed by atoms with Crippen LogP contribution < -0.4 is 20.1 Å². The van der Waals surface area contributed by atoms with Crippen molar-refractivity contribution in [1.82, 2.24) is 15.6 Å². The molecule has 8 nitrogen and oxygen atoms in total. The average molecular weight is 308 g/mol. The summed E-state index contributed by atoms with van der Waals surface area (Å²) in [5, 5.41) is 17.5. The van der Waals surface area contributed by atoms with Gasteiger partial charge in [-0.1, -0.05) is 0 Å².